The van der Waals surface area contributed by atoms with E-state index in [1.54, 1.807) is 0 Å². The van der Waals surface area contributed by atoms with Crippen molar-refractivity contribution in [1.29, 1.82) is 0 Å². The summed E-state index contributed by atoms with van der Waals surface area (Å²) in [5.41, 5.74) is 16.2. The molecule has 0 amide bonds. The molecule has 0 bridgehead atoms. The summed E-state index contributed by atoms with van der Waals surface area (Å²) >= 11 is -2.72. The monoisotopic (exact) mass is 1200 g/mol. The first-order chi connectivity index (χ1) is 34.0. The molecule has 0 N–H and O–H groups in total. The van der Waals surface area contributed by atoms with E-state index in [-0.39, 0.29) is 42.7 Å². The molecule has 374 valence electrons. The summed E-state index contributed by atoms with van der Waals surface area (Å²) in [6.07, 6.45) is 1.94. The second kappa shape index (κ2) is 17.9. The molecular weight excluding hydrogens is 1130 g/mol. The number of hydrogen-bond donors (Lipinski definition) is 0. The first-order valence-electron chi connectivity index (χ1n) is 25.6. The van der Waals surface area contributed by atoms with Crippen LogP contribution in [0, 0.1) is 18.8 Å². The predicted molar refractivity (Wildman–Crippen MR) is 307 cm³/mol. The molecule has 0 fully saturated rings. The van der Waals surface area contributed by atoms with Gasteiger partial charge in [-0.05, 0) is 44.1 Å². The Morgan fingerprint density at radius 3 is 1.77 bits per heavy atom. The molecule has 0 atom stereocenters. The summed E-state index contributed by atoms with van der Waals surface area (Å²) in [4.78, 5) is 9.64. The fourth-order valence-electron chi connectivity index (χ4n) is 10.8. The van der Waals surface area contributed by atoms with E-state index in [0.717, 1.165) is 34.1 Å². The summed E-state index contributed by atoms with van der Waals surface area (Å²) in [7, 11) is 0. The fourth-order valence-corrected chi connectivity index (χ4v) is 17.2. The van der Waals surface area contributed by atoms with Crippen LogP contribution in [-0.2, 0) is 42.7 Å². The Kier molecular flexibility index (Phi) is 12.4. The van der Waals surface area contributed by atoms with E-state index in [0.29, 0.717) is 11.5 Å². The van der Waals surface area contributed by atoms with Crippen molar-refractivity contribution in [1.82, 2.24) is 9.55 Å². The minimum absolute atomic E-state index is 0. The van der Waals surface area contributed by atoms with Crippen LogP contribution >= 0.6 is 0 Å². The van der Waals surface area contributed by atoms with Crippen LogP contribution in [-0.4, -0.2) is 22.8 Å². The van der Waals surface area contributed by atoms with E-state index in [9.17, 15) is 0 Å². The second-order valence-corrected chi connectivity index (χ2v) is 33.8. The second-order valence-electron chi connectivity index (χ2n) is 24.8. The van der Waals surface area contributed by atoms with Gasteiger partial charge in [0.15, 0.2) is 0 Å². The van der Waals surface area contributed by atoms with Gasteiger partial charge in [-0.3, -0.25) is 0 Å². The third kappa shape index (κ3) is 8.86. The van der Waals surface area contributed by atoms with Crippen molar-refractivity contribution >= 4 is 66.6 Å². The molecule has 5 nitrogen and oxygen atoms in total. The number of fused-ring (bicyclic) bond motifs is 1. The van der Waals surface area contributed by atoms with Crippen LogP contribution in [0.1, 0.15) is 105 Å². The minimum atomic E-state index is -2.72. The largest absolute Gasteiger partial charge is 0.0506 e. The summed E-state index contributed by atoms with van der Waals surface area (Å²) in [6, 6.07) is 59.1. The molecule has 0 saturated heterocycles. The van der Waals surface area contributed by atoms with Crippen molar-refractivity contribution in [2.45, 2.75) is 116 Å². The van der Waals surface area contributed by atoms with E-state index < -0.39 is 13.3 Å². The van der Waals surface area contributed by atoms with E-state index >= 15 is 0 Å². The Hall–Kier alpha value is -5.88. The number of para-hydroxylation sites is 3. The van der Waals surface area contributed by atoms with Crippen LogP contribution < -0.4 is 23.3 Å². The maximum absolute atomic E-state index is 6.97. The number of ether oxygens (including phenoxy) is 1. The summed E-state index contributed by atoms with van der Waals surface area (Å²) in [6.45, 7) is 29.8. The molecule has 0 aliphatic carbocycles. The van der Waals surface area contributed by atoms with Crippen molar-refractivity contribution in [2.24, 2.45) is 0 Å². The van der Waals surface area contributed by atoms with Crippen LogP contribution in [0.2, 0.25) is 11.5 Å². The zero-order chi connectivity index (χ0) is 50.9. The van der Waals surface area contributed by atoms with Gasteiger partial charge in [-0.1, -0.05) is 123 Å². The zero-order valence-corrected chi connectivity index (χ0v) is 49.3. The molecule has 0 unspecified atom stereocenters. The molecule has 0 spiro atoms. The Morgan fingerprint density at radius 1 is 0.507 bits per heavy atom. The van der Waals surface area contributed by atoms with Crippen LogP contribution in [0.5, 0.6) is 11.5 Å². The van der Waals surface area contributed by atoms with Gasteiger partial charge >= 0.3 is 266 Å². The maximum Gasteiger partial charge on any atom is 0 e. The Morgan fingerprint density at radius 2 is 1.10 bits per heavy atom. The molecule has 11 rings (SSSR count). The Labute approximate surface area is 451 Å². The average molecular weight is 1200 g/mol. The van der Waals surface area contributed by atoms with E-state index in [1.165, 1.54) is 69.6 Å². The van der Waals surface area contributed by atoms with Gasteiger partial charge < -0.3 is 0 Å². The zero-order valence-electron chi connectivity index (χ0n) is 44.9. The molecule has 4 heterocycles. The van der Waals surface area contributed by atoms with Crippen LogP contribution in [0.25, 0.3) is 49.9 Å². The molecule has 2 aliphatic rings. The van der Waals surface area contributed by atoms with Gasteiger partial charge in [0.1, 0.15) is 0 Å². The quantitative estimate of drug-likeness (QED) is 0.118. The molecule has 7 aromatic carbocycles. The van der Waals surface area contributed by atoms with Crippen molar-refractivity contribution < 1.29 is 25.8 Å². The maximum atomic E-state index is 6.97. The molecule has 73 heavy (non-hydrogen) atoms. The minimum Gasteiger partial charge on any atom is -0.0506 e. The van der Waals surface area contributed by atoms with Crippen molar-refractivity contribution in [3.63, 3.8) is 0 Å². The van der Waals surface area contributed by atoms with Crippen molar-refractivity contribution in [2.75, 3.05) is 9.80 Å². The normalized spacial score (nSPS) is 14.3. The number of rotatable bonds is 7. The first kappa shape index (κ1) is 50.6. The van der Waals surface area contributed by atoms with Gasteiger partial charge in [0.2, 0.25) is 0 Å². The number of benzene rings is 7. The molecule has 0 saturated carbocycles. The Balaban J connectivity index is 0.00000611. The van der Waals surface area contributed by atoms with Gasteiger partial charge in [-0.2, -0.15) is 0 Å². The number of nitrogens with zero attached hydrogens (tertiary/aromatic N) is 4. The standard InChI is InChI=1S/C66H67GeN4O.Pt/c1-63(2,3)44-22-17-21-42(33-44)51-25-19-26-52(43-34-46(65(7,8)9)36-47(35-43)66(10,11)12)62(51)70-41-69(55-28-15-16-29-56(55)70)48-23-18-24-49(38-48)72-50-39-54-61-58(40-50)71(59-37-45(31-32-68-59)64(4,5)6)57-30-20-27-53(60(57)61)67(54,13)14;/h15-37,39,41H,1-14H3;/q-3;. The molecular formula is C66H67GeN4OPt-3. The van der Waals surface area contributed by atoms with Crippen molar-refractivity contribution in [3.05, 3.63) is 187 Å². The summed E-state index contributed by atoms with van der Waals surface area (Å²) in [5.74, 6) is 7.23. The van der Waals surface area contributed by atoms with Gasteiger partial charge in [0.25, 0.3) is 0 Å². The van der Waals surface area contributed by atoms with Crippen LogP contribution in [0.3, 0.4) is 0 Å². The van der Waals surface area contributed by atoms with Crippen LogP contribution in [0.4, 0.5) is 22.7 Å². The fraction of sp³-hybridized carbons (Fsp3) is 0.273. The first-order valence-corrected chi connectivity index (χ1v) is 31.9. The van der Waals surface area contributed by atoms with Crippen molar-refractivity contribution in [3.8, 4) is 39.6 Å². The molecule has 9 aromatic rings. The van der Waals surface area contributed by atoms with Gasteiger partial charge in [0, 0.05) is 21.1 Å². The topological polar surface area (TPSA) is 33.5 Å². The number of pyridine rings is 1. The van der Waals surface area contributed by atoms with Crippen LogP contribution in [0.15, 0.2) is 146 Å². The number of anilines is 4. The summed E-state index contributed by atoms with van der Waals surface area (Å²) < 4.78 is 12.2. The summed E-state index contributed by atoms with van der Waals surface area (Å²) in [5, 5.41) is 2.65. The van der Waals surface area contributed by atoms with Gasteiger partial charge in [-0.25, -0.2) is 0 Å². The molecule has 2 aromatic heterocycles. The van der Waals surface area contributed by atoms with E-state index in [2.05, 4.69) is 261 Å². The smallest absolute Gasteiger partial charge is 0 e. The van der Waals surface area contributed by atoms with Gasteiger partial charge in [-0.15, -0.1) is 0 Å². The molecule has 7 heteroatoms. The molecule has 0 radical (unpaired) electrons. The average Bonchev–Trinajstić information content (AvgIpc) is 3.96. The van der Waals surface area contributed by atoms with E-state index in [4.69, 9.17) is 9.72 Å². The predicted octanol–water partition coefficient (Wildman–Crippen LogP) is 16.6. The third-order valence-corrected chi connectivity index (χ3v) is 22.5. The number of hydrogen-bond acceptors (Lipinski definition) is 4. The van der Waals surface area contributed by atoms with Gasteiger partial charge in [0.05, 0.1) is 0 Å². The number of aromatic nitrogens is 2. The Bertz CT molecular complexity index is 3600. The van der Waals surface area contributed by atoms with E-state index in [1.807, 2.05) is 12.3 Å². The molecule has 2 aliphatic heterocycles. The SMILES string of the molecule is CC(C)(C)c1cccc(-c2cccc(-c3cc(C(C)(C)C)cc(C(C)(C)C)c3)c2N2[CH-]N(c3[c-]c(Oc4[c-]c5c6[c](c4)[Ge]([CH3])([CH3])[c]4cccc(c46)n5-c4cc(C(C)(C)C)ccn4)ccc3)c3ccccc32)c1.[Pt]. The third-order valence-electron chi connectivity index (χ3n) is 15.1.